The first-order valence-corrected chi connectivity index (χ1v) is 9.47. The molecule has 154 valence electrons. The maximum absolute atomic E-state index is 13.3. The van der Waals surface area contributed by atoms with E-state index in [2.05, 4.69) is 0 Å². The van der Waals surface area contributed by atoms with Crippen molar-refractivity contribution in [1.82, 2.24) is 0 Å². The van der Waals surface area contributed by atoms with Crippen LogP contribution in [-0.4, -0.2) is 19.9 Å². The molecule has 0 bridgehead atoms. The van der Waals surface area contributed by atoms with Crippen LogP contribution in [0.4, 0.5) is 17.6 Å². The molecule has 2 aromatic carbocycles. The van der Waals surface area contributed by atoms with E-state index < -0.39 is 60.1 Å². The molecule has 0 aliphatic carbocycles. The van der Waals surface area contributed by atoms with Gasteiger partial charge in [-0.15, -0.1) is 0 Å². The minimum absolute atomic E-state index is 0.443. The largest absolute Gasteiger partial charge is 0.417 e. The standard InChI is InChI=1S/C18H15F4N3O3S/c1-17(25,16(24)26)15(29(27,28)13-6-4-12(19)5-7-13)10-2-3-11(9-23)14(8-10)18(20,21)22/h2-8,15H,25H2,1H3,(H2,24,26). The lowest BCUT2D eigenvalue weighted by Gasteiger charge is -2.31. The van der Waals surface area contributed by atoms with E-state index in [0.29, 0.717) is 6.07 Å². The monoisotopic (exact) mass is 429 g/mol. The molecule has 0 aromatic heterocycles. The fourth-order valence-electron chi connectivity index (χ4n) is 2.79. The smallest absolute Gasteiger partial charge is 0.368 e. The SMILES string of the molecule is CC(N)(C(N)=O)C(c1ccc(C#N)c(C(F)(F)F)c1)S(=O)(=O)c1ccc(F)cc1. The number of benzene rings is 2. The predicted molar refractivity (Wildman–Crippen MR) is 94.3 cm³/mol. The zero-order valence-corrected chi connectivity index (χ0v) is 15.7. The normalized spacial score (nSPS) is 15.2. The first-order chi connectivity index (χ1) is 13.2. The van der Waals surface area contributed by atoms with Crippen molar-refractivity contribution in [2.45, 2.75) is 28.8 Å². The molecule has 0 saturated carbocycles. The lowest BCUT2D eigenvalue weighted by Crippen LogP contribution is -2.56. The molecule has 0 spiro atoms. The topological polar surface area (TPSA) is 127 Å². The van der Waals surface area contributed by atoms with Crippen LogP contribution in [0.3, 0.4) is 0 Å². The van der Waals surface area contributed by atoms with Crippen LogP contribution in [0.1, 0.15) is 28.9 Å². The molecule has 0 radical (unpaired) electrons. The quantitative estimate of drug-likeness (QED) is 0.558. The summed E-state index contributed by atoms with van der Waals surface area (Å²) >= 11 is 0. The van der Waals surface area contributed by atoms with Crippen LogP contribution >= 0.6 is 0 Å². The van der Waals surface area contributed by atoms with Gasteiger partial charge in [-0.3, -0.25) is 4.79 Å². The summed E-state index contributed by atoms with van der Waals surface area (Å²) in [5.41, 5.74) is 6.11. The van der Waals surface area contributed by atoms with E-state index in [9.17, 15) is 30.8 Å². The van der Waals surface area contributed by atoms with Gasteiger partial charge in [0.1, 0.15) is 16.6 Å². The zero-order valence-electron chi connectivity index (χ0n) is 14.9. The number of hydrogen-bond donors (Lipinski definition) is 2. The van der Waals surface area contributed by atoms with Crippen molar-refractivity contribution >= 4 is 15.7 Å². The van der Waals surface area contributed by atoms with Crippen LogP contribution in [-0.2, 0) is 20.8 Å². The van der Waals surface area contributed by atoms with Gasteiger partial charge in [0.2, 0.25) is 5.91 Å². The molecule has 6 nitrogen and oxygen atoms in total. The number of nitriles is 1. The summed E-state index contributed by atoms with van der Waals surface area (Å²) in [4.78, 5) is 11.4. The summed E-state index contributed by atoms with van der Waals surface area (Å²) in [5, 5.41) is 6.89. The Kier molecular flexibility index (Phi) is 5.74. The van der Waals surface area contributed by atoms with Gasteiger partial charge < -0.3 is 11.5 Å². The van der Waals surface area contributed by atoms with E-state index in [0.717, 1.165) is 43.3 Å². The Morgan fingerprint density at radius 1 is 1.14 bits per heavy atom. The van der Waals surface area contributed by atoms with Crippen LogP contribution in [0, 0.1) is 17.1 Å². The zero-order chi connectivity index (χ0) is 22.2. The van der Waals surface area contributed by atoms with Crippen LogP contribution in [0.2, 0.25) is 0 Å². The maximum atomic E-state index is 13.3. The number of rotatable bonds is 5. The summed E-state index contributed by atoms with van der Waals surface area (Å²) < 4.78 is 79.5. The molecule has 0 aliphatic rings. The fourth-order valence-corrected chi connectivity index (χ4v) is 4.85. The Morgan fingerprint density at radius 2 is 1.69 bits per heavy atom. The minimum atomic E-state index is -4.97. The predicted octanol–water partition coefficient (Wildman–Crippen LogP) is 2.43. The number of halogens is 4. The molecule has 0 heterocycles. The summed E-state index contributed by atoms with van der Waals surface area (Å²) in [5.74, 6) is -2.03. The Balaban J connectivity index is 2.82. The van der Waals surface area contributed by atoms with Crippen LogP contribution in [0.25, 0.3) is 0 Å². The van der Waals surface area contributed by atoms with E-state index in [-0.39, 0.29) is 0 Å². The van der Waals surface area contributed by atoms with Crippen molar-refractivity contribution in [3.63, 3.8) is 0 Å². The van der Waals surface area contributed by atoms with Gasteiger partial charge in [-0.05, 0) is 48.9 Å². The van der Waals surface area contributed by atoms with Gasteiger partial charge in [0.05, 0.1) is 22.1 Å². The van der Waals surface area contributed by atoms with Crippen molar-refractivity contribution in [2.75, 3.05) is 0 Å². The van der Waals surface area contributed by atoms with Gasteiger partial charge in [-0.2, -0.15) is 18.4 Å². The van der Waals surface area contributed by atoms with Crippen molar-refractivity contribution in [1.29, 1.82) is 5.26 Å². The molecule has 29 heavy (non-hydrogen) atoms. The average Bonchev–Trinajstić information content (AvgIpc) is 2.60. The van der Waals surface area contributed by atoms with Gasteiger partial charge in [0.25, 0.3) is 0 Å². The first-order valence-electron chi connectivity index (χ1n) is 7.92. The average molecular weight is 429 g/mol. The van der Waals surface area contributed by atoms with Gasteiger partial charge in [-0.1, -0.05) is 6.07 Å². The molecule has 2 unspecified atom stereocenters. The number of amides is 1. The molecule has 2 aromatic rings. The van der Waals surface area contributed by atoms with E-state index in [1.54, 1.807) is 0 Å². The summed E-state index contributed by atoms with van der Waals surface area (Å²) in [6, 6.07) is 7.00. The molecular formula is C18H15F4N3O3S. The summed E-state index contributed by atoms with van der Waals surface area (Å²) in [6.07, 6.45) is -4.97. The molecule has 0 saturated heterocycles. The van der Waals surface area contributed by atoms with E-state index in [4.69, 9.17) is 16.7 Å². The highest BCUT2D eigenvalue weighted by atomic mass is 32.2. The lowest BCUT2D eigenvalue weighted by atomic mass is 9.90. The third-order valence-electron chi connectivity index (χ3n) is 4.30. The van der Waals surface area contributed by atoms with Gasteiger partial charge in [-0.25, -0.2) is 12.8 Å². The number of alkyl halides is 3. The second kappa shape index (κ2) is 7.46. The van der Waals surface area contributed by atoms with E-state index >= 15 is 0 Å². The fraction of sp³-hybridized carbons (Fsp3) is 0.222. The number of primary amides is 1. The Bertz CT molecular complexity index is 1090. The van der Waals surface area contributed by atoms with Crippen molar-refractivity contribution in [3.8, 4) is 6.07 Å². The van der Waals surface area contributed by atoms with Crippen LogP contribution in [0.5, 0.6) is 0 Å². The third-order valence-corrected chi connectivity index (χ3v) is 6.61. The van der Waals surface area contributed by atoms with Crippen molar-refractivity contribution in [2.24, 2.45) is 11.5 Å². The van der Waals surface area contributed by atoms with Crippen LogP contribution < -0.4 is 11.5 Å². The summed E-state index contributed by atoms with van der Waals surface area (Å²) in [6.45, 7) is 0.965. The molecule has 2 rings (SSSR count). The number of nitrogens with two attached hydrogens (primary N) is 2. The first kappa shape index (κ1) is 22.3. The molecule has 2 atom stereocenters. The Morgan fingerprint density at radius 3 is 2.14 bits per heavy atom. The number of carbonyl (C=O) groups is 1. The summed E-state index contributed by atoms with van der Waals surface area (Å²) in [7, 11) is -4.60. The molecule has 0 aliphatic heterocycles. The highest BCUT2D eigenvalue weighted by molar-refractivity contribution is 7.91. The lowest BCUT2D eigenvalue weighted by molar-refractivity contribution is -0.137. The van der Waals surface area contributed by atoms with E-state index in [1.165, 1.54) is 6.07 Å². The molecule has 0 fully saturated rings. The minimum Gasteiger partial charge on any atom is -0.368 e. The van der Waals surface area contributed by atoms with E-state index in [1.807, 2.05) is 0 Å². The number of hydrogen-bond acceptors (Lipinski definition) is 5. The second-order valence-electron chi connectivity index (χ2n) is 6.44. The van der Waals surface area contributed by atoms with Gasteiger partial charge >= 0.3 is 6.18 Å². The second-order valence-corrected chi connectivity index (χ2v) is 8.47. The molecule has 11 heteroatoms. The number of nitrogens with zero attached hydrogens (tertiary/aromatic N) is 1. The number of sulfone groups is 1. The Hall–Kier alpha value is -2.97. The maximum Gasteiger partial charge on any atom is 0.417 e. The molecule has 1 amide bonds. The van der Waals surface area contributed by atoms with Gasteiger partial charge in [0.15, 0.2) is 9.84 Å². The van der Waals surface area contributed by atoms with Gasteiger partial charge in [0, 0.05) is 0 Å². The number of carbonyl (C=O) groups excluding carboxylic acids is 1. The molecule has 4 N–H and O–H groups in total. The Labute approximate surface area is 163 Å². The highest BCUT2D eigenvalue weighted by Gasteiger charge is 2.47. The third kappa shape index (κ3) is 4.23. The molecular weight excluding hydrogens is 414 g/mol. The van der Waals surface area contributed by atoms with Crippen LogP contribution in [0.15, 0.2) is 47.4 Å². The van der Waals surface area contributed by atoms with Crippen molar-refractivity contribution in [3.05, 3.63) is 65.0 Å². The van der Waals surface area contributed by atoms with Crippen molar-refractivity contribution < 1.29 is 30.8 Å². The highest BCUT2D eigenvalue weighted by Crippen LogP contribution is 2.40.